The fourth-order valence-electron chi connectivity index (χ4n) is 3.59. The zero-order valence-corrected chi connectivity index (χ0v) is 15.3. The van der Waals surface area contributed by atoms with Crippen LogP contribution in [-0.2, 0) is 6.42 Å². The monoisotopic (exact) mass is 360 g/mol. The lowest BCUT2D eigenvalue weighted by Gasteiger charge is -2.38. The topological polar surface area (TPSA) is 26.7 Å². The van der Waals surface area contributed by atoms with Crippen molar-refractivity contribution in [1.29, 1.82) is 0 Å². The SMILES string of the molecule is CN1CCN([C@H]2Cc3cc(O)ccc3Sc3ccc(Cl)cc32)CC1. The summed E-state index contributed by atoms with van der Waals surface area (Å²) in [7, 11) is 2.18. The fraction of sp³-hybridized carbons (Fsp3) is 0.368. The van der Waals surface area contributed by atoms with E-state index in [1.165, 1.54) is 20.9 Å². The molecule has 1 atom stereocenters. The molecule has 0 spiro atoms. The van der Waals surface area contributed by atoms with Crippen molar-refractivity contribution in [1.82, 2.24) is 9.80 Å². The zero-order valence-electron chi connectivity index (χ0n) is 13.7. The van der Waals surface area contributed by atoms with E-state index in [-0.39, 0.29) is 0 Å². The van der Waals surface area contributed by atoms with E-state index < -0.39 is 0 Å². The summed E-state index contributed by atoms with van der Waals surface area (Å²) in [6.45, 7) is 4.30. The van der Waals surface area contributed by atoms with Crippen molar-refractivity contribution in [3.63, 3.8) is 0 Å². The molecule has 0 bridgehead atoms. The minimum atomic E-state index is 0.308. The van der Waals surface area contributed by atoms with Gasteiger partial charge in [-0.05, 0) is 61.0 Å². The number of fused-ring (bicyclic) bond motifs is 2. The van der Waals surface area contributed by atoms with Crippen LogP contribution in [0.5, 0.6) is 5.75 Å². The van der Waals surface area contributed by atoms with Gasteiger partial charge in [-0.1, -0.05) is 23.4 Å². The summed E-state index contributed by atoms with van der Waals surface area (Å²) < 4.78 is 0. The van der Waals surface area contributed by atoms with E-state index in [9.17, 15) is 5.11 Å². The molecule has 0 saturated carbocycles. The van der Waals surface area contributed by atoms with Gasteiger partial charge >= 0.3 is 0 Å². The second kappa shape index (κ2) is 6.60. The largest absolute Gasteiger partial charge is 0.508 e. The Kier molecular flexibility index (Phi) is 4.48. The standard InChI is InChI=1S/C19H21ClN2OS/c1-21-6-8-22(9-7-21)17-11-13-10-15(23)3-5-18(13)24-19-4-2-14(20)12-16(17)19/h2-5,10,12,17,23H,6-9,11H2,1H3/t17-/m0/s1. The number of piperazine rings is 1. The van der Waals surface area contributed by atoms with Crippen LogP contribution < -0.4 is 0 Å². The first-order valence-corrected chi connectivity index (χ1v) is 9.51. The molecule has 2 aromatic rings. The number of benzene rings is 2. The smallest absolute Gasteiger partial charge is 0.115 e. The Hall–Kier alpha value is -1.20. The Labute approximate surface area is 152 Å². The molecule has 2 aliphatic heterocycles. The highest BCUT2D eigenvalue weighted by Crippen LogP contribution is 2.44. The van der Waals surface area contributed by atoms with Crippen LogP contribution in [0.3, 0.4) is 0 Å². The number of likely N-dealkylation sites (N-methyl/N-ethyl adjacent to an activating group) is 1. The van der Waals surface area contributed by atoms with Crippen LogP contribution in [0.2, 0.25) is 5.02 Å². The lowest BCUT2D eigenvalue weighted by molar-refractivity contribution is 0.110. The van der Waals surface area contributed by atoms with Crippen LogP contribution in [0.1, 0.15) is 17.2 Å². The molecular weight excluding hydrogens is 340 g/mol. The average molecular weight is 361 g/mol. The second-order valence-electron chi connectivity index (χ2n) is 6.64. The van der Waals surface area contributed by atoms with Gasteiger partial charge in [0.25, 0.3) is 0 Å². The summed E-state index contributed by atoms with van der Waals surface area (Å²) in [5.41, 5.74) is 2.53. The number of halogens is 1. The zero-order chi connectivity index (χ0) is 16.7. The highest BCUT2D eigenvalue weighted by atomic mass is 35.5. The number of rotatable bonds is 1. The van der Waals surface area contributed by atoms with Gasteiger partial charge in [0.2, 0.25) is 0 Å². The summed E-state index contributed by atoms with van der Waals surface area (Å²) in [6.07, 6.45) is 0.911. The van der Waals surface area contributed by atoms with Crippen LogP contribution in [0.25, 0.3) is 0 Å². The molecule has 0 amide bonds. The number of phenols is 1. The maximum atomic E-state index is 9.92. The van der Waals surface area contributed by atoms with E-state index in [4.69, 9.17) is 11.6 Å². The minimum absolute atomic E-state index is 0.308. The van der Waals surface area contributed by atoms with Crippen molar-refractivity contribution in [3.8, 4) is 5.75 Å². The van der Waals surface area contributed by atoms with Gasteiger partial charge < -0.3 is 10.0 Å². The molecule has 5 heteroatoms. The first-order chi connectivity index (χ1) is 11.6. The molecule has 3 nitrogen and oxygen atoms in total. The molecule has 1 fully saturated rings. The first-order valence-electron chi connectivity index (χ1n) is 8.32. The highest BCUT2D eigenvalue weighted by Gasteiger charge is 2.29. The fourth-order valence-corrected chi connectivity index (χ4v) is 4.87. The summed E-state index contributed by atoms with van der Waals surface area (Å²) >= 11 is 8.10. The number of phenolic OH excluding ortho intramolecular Hbond substituents is 1. The number of hydrogen-bond acceptors (Lipinski definition) is 4. The molecule has 0 aliphatic carbocycles. The summed E-state index contributed by atoms with van der Waals surface area (Å²) in [4.78, 5) is 7.44. The molecule has 0 unspecified atom stereocenters. The molecule has 1 N–H and O–H groups in total. The van der Waals surface area contributed by atoms with Crippen LogP contribution in [0.4, 0.5) is 0 Å². The van der Waals surface area contributed by atoms with Crippen LogP contribution in [0.15, 0.2) is 46.2 Å². The van der Waals surface area contributed by atoms with Gasteiger partial charge in [0.15, 0.2) is 0 Å². The van der Waals surface area contributed by atoms with Gasteiger partial charge in [0.1, 0.15) is 5.75 Å². The van der Waals surface area contributed by atoms with Gasteiger partial charge in [0, 0.05) is 47.0 Å². The average Bonchev–Trinajstić information content (AvgIpc) is 2.72. The van der Waals surface area contributed by atoms with Crippen molar-refractivity contribution < 1.29 is 5.11 Å². The third kappa shape index (κ3) is 3.16. The minimum Gasteiger partial charge on any atom is -0.508 e. The molecule has 2 aliphatic rings. The van der Waals surface area contributed by atoms with E-state index in [0.29, 0.717) is 11.8 Å². The third-order valence-electron chi connectivity index (χ3n) is 4.99. The van der Waals surface area contributed by atoms with E-state index >= 15 is 0 Å². The van der Waals surface area contributed by atoms with Crippen LogP contribution in [0, 0.1) is 0 Å². The molecule has 0 aromatic heterocycles. The van der Waals surface area contributed by atoms with Gasteiger partial charge in [-0.2, -0.15) is 0 Å². The van der Waals surface area contributed by atoms with Crippen molar-refractivity contribution in [3.05, 3.63) is 52.5 Å². The van der Waals surface area contributed by atoms with Gasteiger partial charge in [0.05, 0.1) is 0 Å². The molecule has 126 valence electrons. The van der Waals surface area contributed by atoms with Gasteiger partial charge in [-0.3, -0.25) is 4.90 Å². The number of hydrogen-bond donors (Lipinski definition) is 1. The van der Waals surface area contributed by atoms with Gasteiger partial charge in [-0.25, -0.2) is 0 Å². The van der Waals surface area contributed by atoms with Crippen molar-refractivity contribution in [2.24, 2.45) is 0 Å². The van der Waals surface area contributed by atoms with Gasteiger partial charge in [-0.15, -0.1) is 0 Å². The molecule has 1 saturated heterocycles. The van der Waals surface area contributed by atoms with Crippen LogP contribution in [-0.4, -0.2) is 48.1 Å². The highest BCUT2D eigenvalue weighted by molar-refractivity contribution is 7.99. The van der Waals surface area contributed by atoms with Crippen molar-refractivity contribution in [2.45, 2.75) is 22.3 Å². The Morgan fingerprint density at radius 1 is 1.04 bits per heavy atom. The van der Waals surface area contributed by atoms with E-state index in [0.717, 1.165) is 37.6 Å². The van der Waals surface area contributed by atoms with E-state index in [1.807, 2.05) is 18.2 Å². The second-order valence-corrected chi connectivity index (χ2v) is 8.16. The molecular formula is C19H21ClN2OS. The summed E-state index contributed by atoms with van der Waals surface area (Å²) in [6, 6.07) is 12.3. The molecule has 0 radical (unpaired) electrons. The lowest BCUT2D eigenvalue weighted by Crippen LogP contribution is -2.46. The molecule has 4 rings (SSSR count). The Bertz CT molecular complexity index is 759. The third-order valence-corrected chi connectivity index (χ3v) is 6.43. The first kappa shape index (κ1) is 16.3. The maximum Gasteiger partial charge on any atom is 0.115 e. The lowest BCUT2D eigenvalue weighted by atomic mass is 9.96. The van der Waals surface area contributed by atoms with Crippen molar-refractivity contribution >= 4 is 23.4 Å². The van der Waals surface area contributed by atoms with Crippen LogP contribution >= 0.6 is 23.4 Å². The number of aromatic hydroxyl groups is 1. The predicted molar refractivity (Wildman–Crippen MR) is 99.2 cm³/mol. The van der Waals surface area contributed by atoms with E-state index in [2.05, 4.69) is 29.0 Å². The van der Waals surface area contributed by atoms with Crippen molar-refractivity contribution in [2.75, 3.05) is 33.2 Å². The van der Waals surface area contributed by atoms with E-state index in [1.54, 1.807) is 17.8 Å². The predicted octanol–water partition coefficient (Wildman–Crippen LogP) is 4.04. The Morgan fingerprint density at radius 3 is 2.58 bits per heavy atom. The maximum absolute atomic E-state index is 9.92. The molecule has 2 aromatic carbocycles. The number of nitrogens with zero attached hydrogens (tertiary/aromatic N) is 2. The molecule has 2 heterocycles. The molecule has 24 heavy (non-hydrogen) atoms. The summed E-state index contributed by atoms with van der Waals surface area (Å²) in [5.74, 6) is 0.343. The summed E-state index contributed by atoms with van der Waals surface area (Å²) in [5, 5.41) is 10.7. The Balaban J connectivity index is 1.77. The quantitative estimate of drug-likeness (QED) is 0.830. The normalized spacial score (nSPS) is 21.8. The Morgan fingerprint density at radius 2 is 1.79 bits per heavy atom.